The number of imidazole rings is 1. The van der Waals surface area contributed by atoms with Crippen molar-refractivity contribution in [2.24, 2.45) is 5.73 Å². The van der Waals surface area contributed by atoms with Crippen molar-refractivity contribution in [3.05, 3.63) is 36.5 Å². The van der Waals surface area contributed by atoms with E-state index in [-0.39, 0.29) is 11.5 Å². The lowest BCUT2D eigenvalue weighted by molar-refractivity contribution is -0.123. The summed E-state index contributed by atoms with van der Waals surface area (Å²) in [4.78, 5) is 24.3. The molecule has 1 unspecified atom stereocenters. The minimum Gasteiger partial charge on any atom is -0.491 e. The summed E-state index contributed by atoms with van der Waals surface area (Å²) in [7, 11) is 0. The molecule has 32 heavy (non-hydrogen) atoms. The van der Waals surface area contributed by atoms with Crippen LogP contribution in [0.25, 0.3) is 33.9 Å². The maximum atomic E-state index is 14.8. The molecule has 0 aliphatic carbocycles. The number of rotatable bonds is 5. The molecule has 1 aliphatic rings. The number of hydrogen-bond donors (Lipinski definition) is 2. The number of pyridine rings is 1. The van der Waals surface area contributed by atoms with Crippen molar-refractivity contribution < 1.29 is 18.7 Å². The van der Waals surface area contributed by atoms with Crippen LogP contribution in [0, 0.1) is 5.82 Å². The van der Waals surface area contributed by atoms with Crippen molar-refractivity contribution >= 4 is 16.9 Å². The quantitative estimate of drug-likeness (QED) is 0.490. The number of aromatic amines is 1. The second kappa shape index (κ2) is 7.91. The standard InChI is InChI=1S/C21H20FN7O3/c1-11(19(23)30)32-13-7-15-18-16(8-13)31-5-3-2-4-29(18)21(27-15)12-6-14(22)17(24-9-12)20-25-10-26-28-20/h6-11H,2-5H2,1H3,(H2,23,30)(H,25,26,28). The highest BCUT2D eigenvalue weighted by Crippen LogP contribution is 2.37. The second-order valence-electron chi connectivity index (χ2n) is 7.48. The number of nitrogens with two attached hydrogens (primary N) is 1. The summed E-state index contributed by atoms with van der Waals surface area (Å²) < 4.78 is 28.5. The van der Waals surface area contributed by atoms with Gasteiger partial charge in [0.25, 0.3) is 5.91 Å². The topological polar surface area (TPSA) is 134 Å². The van der Waals surface area contributed by atoms with E-state index >= 15 is 0 Å². The van der Waals surface area contributed by atoms with E-state index in [1.807, 2.05) is 4.57 Å². The number of nitrogens with one attached hydrogen (secondary N) is 1. The van der Waals surface area contributed by atoms with Crippen LogP contribution in [0.5, 0.6) is 11.5 Å². The highest BCUT2D eigenvalue weighted by atomic mass is 19.1. The molecule has 0 radical (unpaired) electrons. The van der Waals surface area contributed by atoms with Crippen LogP contribution < -0.4 is 15.2 Å². The first-order chi connectivity index (χ1) is 15.5. The number of nitrogens with zero attached hydrogens (tertiary/aromatic N) is 5. The largest absolute Gasteiger partial charge is 0.491 e. The van der Waals surface area contributed by atoms with Crippen molar-refractivity contribution in [3.8, 4) is 34.4 Å². The Bertz CT molecular complexity index is 1300. The summed E-state index contributed by atoms with van der Waals surface area (Å²) in [5.74, 6) is 0.689. The molecule has 1 atom stereocenters. The van der Waals surface area contributed by atoms with Gasteiger partial charge in [0.05, 0.1) is 12.1 Å². The van der Waals surface area contributed by atoms with Gasteiger partial charge < -0.3 is 19.8 Å². The number of halogens is 1. The van der Waals surface area contributed by atoms with E-state index in [2.05, 4.69) is 20.2 Å². The van der Waals surface area contributed by atoms with Gasteiger partial charge in [-0.25, -0.2) is 19.3 Å². The lowest BCUT2D eigenvalue weighted by Crippen LogP contribution is -2.30. The summed E-state index contributed by atoms with van der Waals surface area (Å²) in [6.07, 6.45) is 3.76. The minimum atomic E-state index is -0.809. The Morgan fingerprint density at radius 2 is 2.19 bits per heavy atom. The number of aromatic nitrogens is 6. The first kappa shape index (κ1) is 19.9. The molecule has 1 aliphatic heterocycles. The van der Waals surface area contributed by atoms with E-state index in [9.17, 15) is 9.18 Å². The molecule has 3 aromatic heterocycles. The van der Waals surface area contributed by atoms with Gasteiger partial charge in [0, 0.05) is 30.4 Å². The van der Waals surface area contributed by atoms with Crippen molar-refractivity contribution in [2.45, 2.75) is 32.4 Å². The smallest absolute Gasteiger partial charge is 0.258 e. The Morgan fingerprint density at radius 3 is 2.94 bits per heavy atom. The van der Waals surface area contributed by atoms with Crippen LogP contribution in [-0.2, 0) is 11.3 Å². The third kappa shape index (κ3) is 3.51. The van der Waals surface area contributed by atoms with E-state index in [1.54, 1.807) is 25.3 Å². The number of carbonyl (C=O) groups is 1. The molecule has 0 spiro atoms. The number of hydrogen-bond acceptors (Lipinski definition) is 7. The number of H-pyrrole nitrogens is 1. The van der Waals surface area contributed by atoms with Gasteiger partial charge >= 0.3 is 0 Å². The van der Waals surface area contributed by atoms with Gasteiger partial charge in [-0.2, -0.15) is 5.10 Å². The predicted molar refractivity (Wildman–Crippen MR) is 112 cm³/mol. The average molecular weight is 437 g/mol. The van der Waals surface area contributed by atoms with E-state index in [0.29, 0.717) is 41.6 Å². The summed E-state index contributed by atoms with van der Waals surface area (Å²) in [6.45, 7) is 2.81. The normalized spacial score (nSPS) is 14.4. The molecule has 0 saturated carbocycles. The lowest BCUT2D eigenvalue weighted by atomic mass is 10.2. The Kier molecular flexibility index (Phi) is 4.92. The summed E-state index contributed by atoms with van der Waals surface area (Å²) in [5, 5.41) is 6.35. The molecule has 10 nitrogen and oxygen atoms in total. The van der Waals surface area contributed by atoms with Crippen molar-refractivity contribution in [3.63, 3.8) is 0 Å². The van der Waals surface area contributed by atoms with Crippen molar-refractivity contribution in [1.29, 1.82) is 0 Å². The van der Waals surface area contributed by atoms with Crippen LogP contribution in [0.3, 0.4) is 0 Å². The van der Waals surface area contributed by atoms with E-state index < -0.39 is 17.8 Å². The van der Waals surface area contributed by atoms with Crippen LogP contribution in [-0.4, -0.2) is 48.3 Å². The lowest BCUT2D eigenvalue weighted by Gasteiger charge is -2.18. The molecule has 0 fully saturated rings. The molecule has 0 saturated heterocycles. The molecule has 0 bridgehead atoms. The summed E-state index contributed by atoms with van der Waals surface area (Å²) in [5.41, 5.74) is 7.29. The number of ether oxygens (including phenoxy) is 2. The first-order valence-corrected chi connectivity index (χ1v) is 10.2. The number of carbonyl (C=O) groups excluding carboxylic acids is 1. The Labute approximate surface area is 181 Å². The van der Waals surface area contributed by atoms with Gasteiger partial charge in [-0.05, 0) is 25.8 Å². The van der Waals surface area contributed by atoms with Crippen LogP contribution in [0.1, 0.15) is 19.8 Å². The van der Waals surface area contributed by atoms with Gasteiger partial charge in [0.2, 0.25) is 0 Å². The Morgan fingerprint density at radius 1 is 1.31 bits per heavy atom. The highest BCUT2D eigenvalue weighted by Gasteiger charge is 2.22. The molecule has 4 aromatic rings. The highest BCUT2D eigenvalue weighted by molar-refractivity contribution is 5.88. The fourth-order valence-electron chi connectivity index (χ4n) is 3.69. The molecule has 1 aromatic carbocycles. The zero-order valence-electron chi connectivity index (χ0n) is 17.2. The van der Waals surface area contributed by atoms with Gasteiger partial charge in [0.15, 0.2) is 17.7 Å². The zero-order valence-corrected chi connectivity index (χ0v) is 17.2. The molecular formula is C21H20FN7O3. The summed E-state index contributed by atoms with van der Waals surface area (Å²) >= 11 is 0. The first-order valence-electron chi connectivity index (χ1n) is 10.2. The van der Waals surface area contributed by atoms with E-state index in [4.69, 9.17) is 20.2 Å². The Hall–Kier alpha value is -4.02. The molecule has 1 amide bonds. The molecule has 3 N–H and O–H groups in total. The van der Waals surface area contributed by atoms with Crippen LogP contribution in [0.2, 0.25) is 0 Å². The SMILES string of the molecule is CC(Oc1cc2c3c(c1)nc(-c1cnc(-c4ncn[nH]4)c(F)c1)n3CCCCO2)C(N)=O. The molecule has 5 rings (SSSR count). The summed E-state index contributed by atoms with van der Waals surface area (Å²) in [6, 6.07) is 4.82. The number of benzene rings is 1. The molecule has 11 heteroatoms. The fourth-order valence-corrected chi connectivity index (χ4v) is 3.69. The predicted octanol–water partition coefficient (Wildman–Crippen LogP) is 2.45. The fraction of sp³-hybridized carbons (Fsp3) is 0.286. The molecule has 164 valence electrons. The number of primary amides is 1. The second-order valence-corrected chi connectivity index (χ2v) is 7.48. The van der Waals surface area contributed by atoms with Crippen LogP contribution >= 0.6 is 0 Å². The van der Waals surface area contributed by atoms with E-state index in [1.165, 1.54) is 12.4 Å². The maximum Gasteiger partial charge on any atom is 0.258 e. The van der Waals surface area contributed by atoms with Gasteiger partial charge in [-0.3, -0.25) is 9.89 Å². The number of aryl methyl sites for hydroxylation is 1. The van der Waals surface area contributed by atoms with Crippen LogP contribution in [0.15, 0.2) is 30.7 Å². The average Bonchev–Trinajstić information content (AvgIpc) is 3.39. The van der Waals surface area contributed by atoms with Gasteiger partial charge in [-0.1, -0.05) is 0 Å². The maximum absolute atomic E-state index is 14.8. The molecule has 4 heterocycles. The third-order valence-electron chi connectivity index (χ3n) is 5.27. The van der Waals surface area contributed by atoms with Crippen molar-refractivity contribution in [1.82, 2.24) is 29.7 Å². The Balaban J connectivity index is 1.63. The molecular weight excluding hydrogens is 417 g/mol. The zero-order chi connectivity index (χ0) is 22.2. The van der Waals surface area contributed by atoms with E-state index in [0.717, 1.165) is 18.4 Å². The van der Waals surface area contributed by atoms with Crippen LogP contribution in [0.4, 0.5) is 4.39 Å². The monoisotopic (exact) mass is 437 g/mol. The third-order valence-corrected chi connectivity index (χ3v) is 5.27. The number of amides is 1. The van der Waals surface area contributed by atoms with Crippen molar-refractivity contribution in [2.75, 3.05) is 6.61 Å². The minimum absolute atomic E-state index is 0.0789. The van der Waals surface area contributed by atoms with Gasteiger partial charge in [0.1, 0.15) is 34.9 Å². The van der Waals surface area contributed by atoms with Gasteiger partial charge in [-0.15, -0.1) is 0 Å².